The van der Waals surface area contributed by atoms with Gasteiger partial charge in [-0.15, -0.1) is 0 Å². The van der Waals surface area contributed by atoms with Gasteiger partial charge in [-0.2, -0.15) is 13.2 Å². The number of alkyl halides is 3. The van der Waals surface area contributed by atoms with Crippen LogP contribution in [-0.2, 0) is 6.42 Å². The summed E-state index contributed by atoms with van der Waals surface area (Å²) >= 11 is 0. The molecule has 0 spiro atoms. The van der Waals surface area contributed by atoms with E-state index in [1.54, 1.807) is 0 Å². The van der Waals surface area contributed by atoms with Gasteiger partial charge in [0.2, 0.25) is 0 Å². The molecule has 0 aliphatic heterocycles. The number of nitrogens with zero attached hydrogens (tertiary/aromatic N) is 2. The van der Waals surface area contributed by atoms with Gasteiger partial charge in [0, 0.05) is 18.8 Å². The van der Waals surface area contributed by atoms with Crippen molar-refractivity contribution in [2.45, 2.75) is 18.7 Å². The van der Waals surface area contributed by atoms with Gasteiger partial charge in [0.15, 0.2) is 6.10 Å². The molecule has 1 rings (SSSR count). The second-order valence-corrected chi connectivity index (χ2v) is 2.43. The Morgan fingerprint density at radius 1 is 1.31 bits per heavy atom. The first-order valence-corrected chi connectivity index (χ1v) is 3.51. The highest BCUT2D eigenvalue weighted by Gasteiger charge is 2.38. The molecule has 1 aromatic heterocycles. The monoisotopic (exact) mass is 192 g/mol. The minimum Gasteiger partial charge on any atom is -0.383 e. The van der Waals surface area contributed by atoms with Crippen molar-refractivity contribution in [1.29, 1.82) is 0 Å². The number of aliphatic hydroxyl groups is 1. The van der Waals surface area contributed by atoms with Crippen LogP contribution in [-0.4, -0.2) is 27.4 Å². The molecule has 1 unspecified atom stereocenters. The summed E-state index contributed by atoms with van der Waals surface area (Å²) in [5.74, 6) is -0.0210. The maximum atomic E-state index is 11.8. The molecule has 1 aromatic rings. The van der Waals surface area contributed by atoms with Gasteiger partial charge < -0.3 is 5.11 Å². The fraction of sp³-hybridized carbons (Fsp3) is 0.429. The van der Waals surface area contributed by atoms with Crippen LogP contribution in [0, 0.1) is 0 Å². The minimum absolute atomic E-state index is 0.0210. The Labute approximate surface area is 72.3 Å². The Hall–Kier alpha value is -1.17. The van der Waals surface area contributed by atoms with Gasteiger partial charge in [-0.1, -0.05) is 0 Å². The first-order valence-electron chi connectivity index (χ1n) is 3.51. The summed E-state index contributed by atoms with van der Waals surface area (Å²) in [6.07, 6.45) is -4.96. The summed E-state index contributed by atoms with van der Waals surface area (Å²) in [5, 5.41) is 8.63. The van der Waals surface area contributed by atoms with E-state index in [1.807, 2.05) is 0 Å². The third-order valence-electron chi connectivity index (χ3n) is 1.37. The first-order chi connectivity index (χ1) is 6.00. The molecular weight excluding hydrogens is 185 g/mol. The second-order valence-electron chi connectivity index (χ2n) is 2.43. The van der Waals surface area contributed by atoms with E-state index < -0.39 is 18.7 Å². The van der Waals surface area contributed by atoms with Crippen LogP contribution in [0.1, 0.15) is 5.82 Å². The van der Waals surface area contributed by atoms with Crippen LogP contribution < -0.4 is 0 Å². The van der Waals surface area contributed by atoms with Crippen molar-refractivity contribution in [3.63, 3.8) is 0 Å². The maximum Gasteiger partial charge on any atom is 0.414 e. The third-order valence-corrected chi connectivity index (χ3v) is 1.37. The van der Waals surface area contributed by atoms with Crippen molar-refractivity contribution in [3.8, 4) is 0 Å². The molecule has 1 atom stereocenters. The lowest BCUT2D eigenvalue weighted by Gasteiger charge is -2.12. The van der Waals surface area contributed by atoms with Gasteiger partial charge in [0.1, 0.15) is 5.82 Å². The SMILES string of the molecule is OC(Cc1ncccn1)C(F)(F)F. The molecule has 0 aliphatic carbocycles. The molecule has 0 aliphatic rings. The van der Waals surface area contributed by atoms with E-state index in [-0.39, 0.29) is 5.82 Å². The average Bonchev–Trinajstić information content (AvgIpc) is 2.04. The summed E-state index contributed by atoms with van der Waals surface area (Å²) in [6.45, 7) is 0. The predicted molar refractivity (Wildman–Crippen MR) is 37.8 cm³/mol. The Morgan fingerprint density at radius 2 is 1.85 bits per heavy atom. The highest BCUT2D eigenvalue weighted by atomic mass is 19.4. The van der Waals surface area contributed by atoms with Crippen LogP contribution in [0.5, 0.6) is 0 Å². The van der Waals surface area contributed by atoms with E-state index in [0.29, 0.717) is 0 Å². The average molecular weight is 192 g/mol. The molecule has 0 amide bonds. The number of halogens is 3. The van der Waals surface area contributed by atoms with Gasteiger partial charge in [-0.3, -0.25) is 0 Å². The molecule has 0 bridgehead atoms. The second kappa shape index (κ2) is 3.69. The molecule has 1 heterocycles. The Morgan fingerprint density at radius 3 is 2.31 bits per heavy atom. The summed E-state index contributed by atoms with van der Waals surface area (Å²) in [4.78, 5) is 7.12. The van der Waals surface area contributed by atoms with Gasteiger partial charge in [-0.05, 0) is 6.07 Å². The number of rotatable bonds is 2. The summed E-state index contributed by atoms with van der Waals surface area (Å²) in [7, 11) is 0. The highest BCUT2D eigenvalue weighted by molar-refractivity contribution is 4.91. The maximum absolute atomic E-state index is 11.8. The molecule has 13 heavy (non-hydrogen) atoms. The van der Waals surface area contributed by atoms with Gasteiger partial charge in [0.05, 0.1) is 0 Å². The van der Waals surface area contributed by atoms with E-state index >= 15 is 0 Å². The molecular formula is C7H7F3N2O. The van der Waals surface area contributed by atoms with Crippen LogP contribution >= 0.6 is 0 Å². The standard InChI is InChI=1S/C7H7F3N2O/c8-7(9,10)5(13)4-6-11-2-1-3-12-6/h1-3,5,13H,4H2. The molecule has 6 heteroatoms. The summed E-state index contributed by atoms with van der Waals surface area (Å²) < 4.78 is 35.5. The fourth-order valence-electron chi connectivity index (χ4n) is 0.724. The Bertz CT molecular complexity index is 262. The molecule has 1 N–H and O–H groups in total. The zero-order valence-electron chi connectivity index (χ0n) is 6.49. The normalized spacial score (nSPS) is 14.2. The van der Waals surface area contributed by atoms with Crippen molar-refractivity contribution in [2.75, 3.05) is 0 Å². The van der Waals surface area contributed by atoms with Crippen LogP contribution in [0.4, 0.5) is 13.2 Å². The summed E-state index contributed by atoms with van der Waals surface area (Å²) in [5.41, 5.74) is 0. The van der Waals surface area contributed by atoms with E-state index in [9.17, 15) is 13.2 Å². The number of aromatic nitrogens is 2. The quantitative estimate of drug-likeness (QED) is 0.758. The summed E-state index contributed by atoms with van der Waals surface area (Å²) in [6, 6.07) is 1.49. The van der Waals surface area contributed by atoms with Crippen LogP contribution in [0.25, 0.3) is 0 Å². The third kappa shape index (κ3) is 2.98. The van der Waals surface area contributed by atoms with Crippen LogP contribution in [0.15, 0.2) is 18.5 Å². The lowest BCUT2D eigenvalue weighted by atomic mass is 10.2. The van der Waals surface area contributed by atoms with Crippen LogP contribution in [0.3, 0.4) is 0 Å². The minimum atomic E-state index is -4.61. The lowest BCUT2D eigenvalue weighted by Crippen LogP contribution is -2.31. The largest absolute Gasteiger partial charge is 0.414 e. The molecule has 0 aromatic carbocycles. The van der Waals surface area contributed by atoms with E-state index in [2.05, 4.69) is 9.97 Å². The topological polar surface area (TPSA) is 46.0 Å². The molecule has 72 valence electrons. The zero-order chi connectivity index (χ0) is 9.90. The van der Waals surface area contributed by atoms with Crippen molar-refractivity contribution in [1.82, 2.24) is 9.97 Å². The number of hydrogen-bond acceptors (Lipinski definition) is 3. The van der Waals surface area contributed by atoms with Crippen molar-refractivity contribution in [2.24, 2.45) is 0 Å². The van der Waals surface area contributed by atoms with Crippen molar-refractivity contribution in [3.05, 3.63) is 24.3 Å². The molecule has 0 fully saturated rings. The molecule has 0 saturated carbocycles. The number of aliphatic hydroxyl groups excluding tert-OH is 1. The Kier molecular flexibility index (Phi) is 2.82. The van der Waals surface area contributed by atoms with Crippen LogP contribution in [0.2, 0.25) is 0 Å². The lowest BCUT2D eigenvalue weighted by molar-refractivity contribution is -0.203. The van der Waals surface area contributed by atoms with Gasteiger partial charge >= 0.3 is 6.18 Å². The highest BCUT2D eigenvalue weighted by Crippen LogP contribution is 2.21. The fourth-order valence-corrected chi connectivity index (χ4v) is 0.724. The smallest absolute Gasteiger partial charge is 0.383 e. The van der Waals surface area contributed by atoms with Crippen molar-refractivity contribution < 1.29 is 18.3 Å². The van der Waals surface area contributed by atoms with Crippen molar-refractivity contribution >= 4 is 0 Å². The molecule has 0 saturated heterocycles. The van der Waals surface area contributed by atoms with E-state index in [1.165, 1.54) is 18.5 Å². The van der Waals surface area contributed by atoms with E-state index in [4.69, 9.17) is 5.11 Å². The van der Waals surface area contributed by atoms with E-state index in [0.717, 1.165) is 0 Å². The van der Waals surface area contributed by atoms with Gasteiger partial charge in [0.25, 0.3) is 0 Å². The molecule has 0 radical (unpaired) electrons. The Balaban J connectivity index is 2.61. The molecule has 3 nitrogen and oxygen atoms in total. The zero-order valence-corrected chi connectivity index (χ0v) is 6.49. The van der Waals surface area contributed by atoms with Gasteiger partial charge in [-0.25, -0.2) is 9.97 Å². The first kappa shape index (κ1) is 9.91. The number of hydrogen-bond donors (Lipinski definition) is 1. The predicted octanol–water partition coefficient (Wildman–Crippen LogP) is 0.942.